The molecule has 0 fully saturated rings. The first-order chi connectivity index (χ1) is 13.0. The van der Waals surface area contributed by atoms with Crippen molar-refractivity contribution < 1.29 is 4.79 Å². The number of carbonyl (C=O) groups excluding carboxylic acids is 1. The Labute approximate surface area is 156 Å². The number of fused-ring (bicyclic) bond motifs is 1. The van der Waals surface area contributed by atoms with Crippen LogP contribution in [-0.2, 0) is 13.6 Å². The molecule has 0 bridgehead atoms. The Balaban J connectivity index is 1.56. The van der Waals surface area contributed by atoms with Gasteiger partial charge in [0.15, 0.2) is 5.65 Å². The Morgan fingerprint density at radius 2 is 1.96 bits per heavy atom. The number of carbonyl (C=O) groups is 1. The number of aromatic nitrogens is 5. The third-order valence-corrected chi connectivity index (χ3v) is 4.45. The molecule has 1 amide bonds. The van der Waals surface area contributed by atoms with Crippen molar-refractivity contribution in [1.29, 1.82) is 0 Å². The molecule has 4 rings (SSSR count). The fourth-order valence-corrected chi connectivity index (χ4v) is 3.20. The van der Waals surface area contributed by atoms with Crippen LogP contribution in [0.2, 0.25) is 0 Å². The summed E-state index contributed by atoms with van der Waals surface area (Å²) in [4.78, 5) is 17.3. The molecular weight excluding hydrogens is 340 g/mol. The standard InChI is InChI=1S/C20H20N6O/c1-13-9-17(18-14(2)24-25(3)19(18)23-13)20(27)21-10-15-11-22-26(12-15)16-7-5-4-6-8-16/h4-9,11-12H,10H2,1-3H3,(H,21,27). The fourth-order valence-electron chi connectivity index (χ4n) is 3.20. The molecule has 7 heteroatoms. The molecule has 4 aromatic rings. The zero-order chi connectivity index (χ0) is 19.0. The Bertz CT molecular complexity index is 1130. The summed E-state index contributed by atoms with van der Waals surface area (Å²) in [7, 11) is 1.83. The van der Waals surface area contributed by atoms with Crippen molar-refractivity contribution in [2.45, 2.75) is 20.4 Å². The van der Waals surface area contributed by atoms with Gasteiger partial charge in [-0.25, -0.2) is 9.67 Å². The van der Waals surface area contributed by atoms with Gasteiger partial charge in [0, 0.05) is 31.0 Å². The molecule has 3 aromatic heterocycles. The molecule has 0 spiro atoms. The van der Waals surface area contributed by atoms with E-state index in [9.17, 15) is 4.79 Å². The largest absolute Gasteiger partial charge is 0.348 e. The second kappa shape index (κ2) is 6.68. The van der Waals surface area contributed by atoms with Crippen LogP contribution >= 0.6 is 0 Å². The van der Waals surface area contributed by atoms with Gasteiger partial charge in [0.25, 0.3) is 5.91 Å². The molecule has 0 aliphatic carbocycles. The summed E-state index contributed by atoms with van der Waals surface area (Å²) in [5.74, 6) is -0.144. The minimum atomic E-state index is -0.144. The van der Waals surface area contributed by atoms with Crippen LogP contribution in [0.15, 0.2) is 48.8 Å². The highest BCUT2D eigenvalue weighted by molar-refractivity contribution is 6.06. The van der Waals surface area contributed by atoms with Gasteiger partial charge in [0.05, 0.1) is 28.5 Å². The van der Waals surface area contributed by atoms with Crippen LogP contribution in [0.4, 0.5) is 0 Å². The number of amides is 1. The van der Waals surface area contributed by atoms with Gasteiger partial charge in [0.2, 0.25) is 0 Å². The van der Waals surface area contributed by atoms with Gasteiger partial charge in [-0.15, -0.1) is 0 Å². The van der Waals surface area contributed by atoms with E-state index in [4.69, 9.17) is 0 Å². The van der Waals surface area contributed by atoms with Crippen molar-refractivity contribution in [2.75, 3.05) is 0 Å². The summed E-state index contributed by atoms with van der Waals surface area (Å²) in [5.41, 5.74) is 4.80. The minimum Gasteiger partial charge on any atom is -0.348 e. The van der Waals surface area contributed by atoms with Crippen LogP contribution < -0.4 is 5.32 Å². The van der Waals surface area contributed by atoms with Gasteiger partial charge < -0.3 is 5.32 Å². The van der Waals surface area contributed by atoms with E-state index in [1.807, 2.05) is 57.4 Å². The van der Waals surface area contributed by atoms with E-state index in [-0.39, 0.29) is 5.91 Å². The molecule has 3 heterocycles. The highest BCUT2D eigenvalue weighted by atomic mass is 16.1. The van der Waals surface area contributed by atoms with Crippen molar-refractivity contribution in [3.8, 4) is 5.69 Å². The van der Waals surface area contributed by atoms with Crippen LogP contribution in [0.25, 0.3) is 16.7 Å². The third-order valence-electron chi connectivity index (χ3n) is 4.45. The van der Waals surface area contributed by atoms with E-state index in [0.717, 1.165) is 33.7 Å². The quantitative estimate of drug-likeness (QED) is 0.607. The normalized spacial score (nSPS) is 11.1. The van der Waals surface area contributed by atoms with Gasteiger partial charge in [0.1, 0.15) is 0 Å². The second-order valence-corrected chi connectivity index (χ2v) is 6.53. The van der Waals surface area contributed by atoms with Crippen molar-refractivity contribution in [3.63, 3.8) is 0 Å². The number of nitrogens with one attached hydrogen (secondary N) is 1. The Hall–Kier alpha value is -3.48. The Morgan fingerprint density at radius 1 is 1.19 bits per heavy atom. The van der Waals surface area contributed by atoms with Crippen LogP contribution in [-0.4, -0.2) is 30.5 Å². The first-order valence-corrected chi connectivity index (χ1v) is 8.71. The lowest BCUT2D eigenvalue weighted by atomic mass is 10.1. The highest BCUT2D eigenvalue weighted by Crippen LogP contribution is 2.21. The summed E-state index contributed by atoms with van der Waals surface area (Å²) < 4.78 is 3.50. The summed E-state index contributed by atoms with van der Waals surface area (Å²) in [6, 6.07) is 11.7. The summed E-state index contributed by atoms with van der Waals surface area (Å²) in [6.45, 7) is 4.16. The zero-order valence-electron chi connectivity index (χ0n) is 15.5. The van der Waals surface area contributed by atoms with E-state index in [0.29, 0.717) is 12.1 Å². The predicted molar refractivity (Wildman–Crippen MR) is 103 cm³/mol. The van der Waals surface area contributed by atoms with Crippen LogP contribution in [0.5, 0.6) is 0 Å². The monoisotopic (exact) mass is 360 g/mol. The Morgan fingerprint density at radius 3 is 2.74 bits per heavy atom. The van der Waals surface area contributed by atoms with E-state index in [1.165, 1.54) is 0 Å². The number of aryl methyl sites for hydroxylation is 3. The molecule has 0 atom stereocenters. The average molecular weight is 360 g/mol. The maximum atomic E-state index is 12.8. The lowest BCUT2D eigenvalue weighted by molar-refractivity contribution is 0.0952. The molecule has 27 heavy (non-hydrogen) atoms. The zero-order valence-corrected chi connectivity index (χ0v) is 15.5. The molecule has 0 aliphatic heterocycles. The van der Waals surface area contributed by atoms with Crippen molar-refractivity contribution in [2.24, 2.45) is 7.05 Å². The number of hydrogen-bond acceptors (Lipinski definition) is 4. The number of para-hydroxylation sites is 1. The number of pyridine rings is 1. The Kier molecular flexibility index (Phi) is 4.19. The number of rotatable bonds is 4. The number of hydrogen-bond donors (Lipinski definition) is 1. The van der Waals surface area contributed by atoms with Crippen molar-refractivity contribution in [1.82, 2.24) is 29.9 Å². The molecule has 0 unspecified atom stereocenters. The van der Waals surface area contributed by atoms with Gasteiger partial charge in [-0.2, -0.15) is 10.2 Å². The SMILES string of the molecule is Cc1cc(C(=O)NCc2cnn(-c3ccccc3)c2)c2c(C)nn(C)c2n1. The first-order valence-electron chi connectivity index (χ1n) is 8.71. The minimum absolute atomic E-state index is 0.144. The van der Waals surface area contributed by atoms with Crippen LogP contribution in [0.3, 0.4) is 0 Å². The van der Waals surface area contributed by atoms with Crippen LogP contribution in [0.1, 0.15) is 27.3 Å². The topological polar surface area (TPSA) is 77.6 Å². The lowest BCUT2D eigenvalue weighted by Crippen LogP contribution is -2.23. The molecule has 7 nitrogen and oxygen atoms in total. The third kappa shape index (κ3) is 3.19. The second-order valence-electron chi connectivity index (χ2n) is 6.53. The van der Waals surface area contributed by atoms with Crippen molar-refractivity contribution in [3.05, 3.63) is 71.3 Å². The van der Waals surface area contributed by atoms with Crippen LogP contribution in [0, 0.1) is 13.8 Å². The summed E-state index contributed by atoms with van der Waals surface area (Å²) in [5, 5.41) is 12.5. The fraction of sp³-hybridized carbons (Fsp3) is 0.200. The van der Waals surface area contributed by atoms with Gasteiger partial charge in [-0.3, -0.25) is 9.48 Å². The molecule has 1 aromatic carbocycles. The maximum absolute atomic E-state index is 12.8. The first kappa shape index (κ1) is 17.0. The smallest absolute Gasteiger partial charge is 0.252 e. The maximum Gasteiger partial charge on any atom is 0.252 e. The number of nitrogens with zero attached hydrogens (tertiary/aromatic N) is 5. The van der Waals surface area contributed by atoms with Gasteiger partial charge in [-0.1, -0.05) is 18.2 Å². The highest BCUT2D eigenvalue weighted by Gasteiger charge is 2.17. The molecule has 0 aliphatic rings. The molecule has 0 radical (unpaired) electrons. The molecule has 1 N–H and O–H groups in total. The number of benzene rings is 1. The van der Waals surface area contributed by atoms with E-state index < -0.39 is 0 Å². The van der Waals surface area contributed by atoms with E-state index >= 15 is 0 Å². The van der Waals surface area contributed by atoms with Crippen molar-refractivity contribution >= 4 is 16.9 Å². The van der Waals surface area contributed by atoms with E-state index in [1.54, 1.807) is 21.6 Å². The summed E-state index contributed by atoms with van der Waals surface area (Å²) in [6.07, 6.45) is 3.67. The summed E-state index contributed by atoms with van der Waals surface area (Å²) >= 11 is 0. The molecule has 0 saturated carbocycles. The lowest BCUT2D eigenvalue weighted by Gasteiger charge is -2.07. The average Bonchev–Trinajstić information content (AvgIpc) is 3.25. The molecular formula is C20H20N6O. The predicted octanol–water partition coefficient (Wildman–Crippen LogP) is 2.70. The molecule has 136 valence electrons. The van der Waals surface area contributed by atoms with Gasteiger partial charge in [-0.05, 0) is 32.0 Å². The molecule has 0 saturated heterocycles. The van der Waals surface area contributed by atoms with E-state index in [2.05, 4.69) is 20.5 Å². The van der Waals surface area contributed by atoms with Gasteiger partial charge >= 0.3 is 0 Å².